The molecule has 142 valence electrons. The zero-order chi connectivity index (χ0) is 18.7. The Bertz CT molecular complexity index is 655. The molecule has 0 radical (unpaired) electrons. The van der Waals surface area contributed by atoms with Gasteiger partial charge in [-0.15, -0.1) is 0 Å². The first-order chi connectivity index (χ1) is 12.5. The first kappa shape index (κ1) is 18.7. The maximum absolute atomic E-state index is 12.6. The summed E-state index contributed by atoms with van der Waals surface area (Å²) in [4.78, 5) is 30.4. The number of nitrogens with zero attached hydrogens (tertiary/aromatic N) is 3. The van der Waals surface area contributed by atoms with E-state index in [0.717, 1.165) is 18.7 Å². The fraction of sp³-hybridized carbons (Fsp3) is 0.600. The van der Waals surface area contributed by atoms with E-state index >= 15 is 0 Å². The van der Waals surface area contributed by atoms with Gasteiger partial charge in [0.1, 0.15) is 11.9 Å². The van der Waals surface area contributed by atoms with Crippen molar-refractivity contribution in [1.29, 1.82) is 0 Å². The quantitative estimate of drug-likeness (QED) is 0.735. The van der Waals surface area contributed by atoms with Crippen molar-refractivity contribution >= 4 is 11.8 Å². The van der Waals surface area contributed by atoms with Crippen molar-refractivity contribution in [3.63, 3.8) is 0 Å². The standard InChI is InChI=1S/C20H29N3O3/c1-4-15-6-5-7-17(10-15)26-18-13-23(14-18)20(25)16-11-19(24)22(12-16)9-8-21(2)3/h5-7,10,16,18H,4,8-9,11-14H2,1-3H3/t16-/m0/s1. The van der Waals surface area contributed by atoms with E-state index in [-0.39, 0.29) is 23.8 Å². The average molecular weight is 359 g/mol. The smallest absolute Gasteiger partial charge is 0.228 e. The molecule has 0 aliphatic carbocycles. The van der Waals surface area contributed by atoms with Gasteiger partial charge in [-0.3, -0.25) is 9.59 Å². The molecule has 0 spiro atoms. The highest BCUT2D eigenvalue weighted by Crippen LogP contribution is 2.25. The summed E-state index contributed by atoms with van der Waals surface area (Å²) < 4.78 is 5.97. The van der Waals surface area contributed by atoms with E-state index in [1.807, 2.05) is 40.9 Å². The summed E-state index contributed by atoms with van der Waals surface area (Å²) in [6.07, 6.45) is 1.37. The van der Waals surface area contributed by atoms with E-state index in [9.17, 15) is 9.59 Å². The molecule has 3 rings (SSSR count). The van der Waals surface area contributed by atoms with Gasteiger partial charge in [0.25, 0.3) is 0 Å². The van der Waals surface area contributed by atoms with Crippen molar-refractivity contribution in [1.82, 2.24) is 14.7 Å². The molecule has 0 bridgehead atoms. The minimum Gasteiger partial charge on any atom is -0.487 e. The maximum Gasteiger partial charge on any atom is 0.228 e. The summed E-state index contributed by atoms with van der Waals surface area (Å²) in [5.74, 6) is 0.851. The van der Waals surface area contributed by atoms with Crippen LogP contribution in [0.2, 0.25) is 0 Å². The minimum absolute atomic E-state index is 0.0491. The number of likely N-dealkylation sites (tertiary alicyclic amines) is 2. The van der Waals surface area contributed by atoms with Crippen molar-refractivity contribution in [2.75, 3.05) is 46.8 Å². The van der Waals surface area contributed by atoms with Crippen LogP contribution in [0.3, 0.4) is 0 Å². The van der Waals surface area contributed by atoms with Crippen molar-refractivity contribution < 1.29 is 14.3 Å². The Morgan fingerprint density at radius 2 is 2.04 bits per heavy atom. The molecule has 0 aromatic heterocycles. The number of hydrogen-bond acceptors (Lipinski definition) is 4. The molecule has 6 nitrogen and oxygen atoms in total. The Balaban J connectivity index is 1.45. The van der Waals surface area contributed by atoms with Crippen LogP contribution in [0.1, 0.15) is 18.9 Å². The molecule has 2 aliphatic heterocycles. The SMILES string of the molecule is CCc1cccc(OC2CN(C(=O)[C@H]3CC(=O)N(CCN(C)C)C3)C2)c1. The van der Waals surface area contributed by atoms with Gasteiger partial charge in [-0.05, 0) is 38.2 Å². The number of carbonyl (C=O) groups excluding carboxylic acids is 2. The molecule has 2 heterocycles. The minimum atomic E-state index is -0.200. The summed E-state index contributed by atoms with van der Waals surface area (Å²) in [6.45, 7) is 5.40. The highest BCUT2D eigenvalue weighted by atomic mass is 16.5. The fourth-order valence-electron chi connectivity index (χ4n) is 3.46. The molecule has 0 unspecified atom stereocenters. The van der Waals surface area contributed by atoms with Gasteiger partial charge in [0.2, 0.25) is 11.8 Å². The van der Waals surface area contributed by atoms with Crippen molar-refractivity contribution in [2.24, 2.45) is 5.92 Å². The normalized spacial score (nSPS) is 20.6. The van der Waals surface area contributed by atoms with Gasteiger partial charge in [-0.2, -0.15) is 0 Å². The molecule has 2 fully saturated rings. The lowest BCUT2D eigenvalue weighted by Crippen LogP contribution is -2.57. The lowest BCUT2D eigenvalue weighted by molar-refractivity contribution is -0.144. The van der Waals surface area contributed by atoms with Crippen LogP contribution in [0.15, 0.2) is 24.3 Å². The Morgan fingerprint density at radius 3 is 2.73 bits per heavy atom. The molecule has 2 saturated heterocycles. The average Bonchev–Trinajstić information content (AvgIpc) is 2.96. The van der Waals surface area contributed by atoms with Gasteiger partial charge in [-0.1, -0.05) is 19.1 Å². The van der Waals surface area contributed by atoms with Crippen LogP contribution in [-0.4, -0.2) is 79.4 Å². The summed E-state index contributed by atoms with van der Waals surface area (Å²) in [7, 11) is 3.97. The van der Waals surface area contributed by atoms with Gasteiger partial charge in [0.05, 0.1) is 19.0 Å². The first-order valence-corrected chi connectivity index (χ1v) is 9.43. The van der Waals surface area contributed by atoms with Gasteiger partial charge < -0.3 is 19.4 Å². The predicted octanol–water partition coefficient (Wildman–Crippen LogP) is 1.25. The third-order valence-corrected chi connectivity index (χ3v) is 5.15. The summed E-state index contributed by atoms with van der Waals surface area (Å²) in [5.41, 5.74) is 1.25. The highest BCUT2D eigenvalue weighted by Gasteiger charge is 2.40. The van der Waals surface area contributed by atoms with Crippen LogP contribution in [0.25, 0.3) is 0 Å². The van der Waals surface area contributed by atoms with E-state index in [1.54, 1.807) is 0 Å². The van der Waals surface area contributed by atoms with Crippen LogP contribution in [0.4, 0.5) is 0 Å². The van der Waals surface area contributed by atoms with Gasteiger partial charge in [0.15, 0.2) is 0 Å². The van der Waals surface area contributed by atoms with E-state index in [0.29, 0.717) is 32.6 Å². The maximum atomic E-state index is 12.6. The molecule has 0 N–H and O–H groups in total. The topological polar surface area (TPSA) is 53.1 Å². The van der Waals surface area contributed by atoms with Gasteiger partial charge in [-0.25, -0.2) is 0 Å². The van der Waals surface area contributed by atoms with Crippen molar-refractivity contribution in [3.8, 4) is 5.75 Å². The molecular formula is C20H29N3O3. The molecular weight excluding hydrogens is 330 g/mol. The monoisotopic (exact) mass is 359 g/mol. The molecule has 1 aromatic carbocycles. The summed E-state index contributed by atoms with van der Waals surface area (Å²) >= 11 is 0. The predicted molar refractivity (Wildman–Crippen MR) is 100 cm³/mol. The van der Waals surface area contributed by atoms with Gasteiger partial charge >= 0.3 is 0 Å². The van der Waals surface area contributed by atoms with Gasteiger partial charge in [0, 0.05) is 26.1 Å². The van der Waals surface area contributed by atoms with E-state index in [1.165, 1.54) is 5.56 Å². The first-order valence-electron chi connectivity index (χ1n) is 9.43. The third-order valence-electron chi connectivity index (χ3n) is 5.15. The molecule has 1 aromatic rings. The third kappa shape index (κ3) is 4.36. The second kappa shape index (κ2) is 8.08. The van der Waals surface area contributed by atoms with Crippen LogP contribution < -0.4 is 4.74 Å². The summed E-state index contributed by atoms with van der Waals surface area (Å²) in [5, 5.41) is 0. The zero-order valence-corrected chi connectivity index (χ0v) is 16.0. The second-order valence-electron chi connectivity index (χ2n) is 7.53. The molecule has 6 heteroatoms. The van der Waals surface area contributed by atoms with E-state index < -0.39 is 0 Å². The number of benzene rings is 1. The second-order valence-corrected chi connectivity index (χ2v) is 7.53. The Morgan fingerprint density at radius 1 is 1.27 bits per heavy atom. The van der Waals surface area contributed by atoms with Crippen LogP contribution in [-0.2, 0) is 16.0 Å². The van der Waals surface area contributed by atoms with Crippen molar-refractivity contribution in [2.45, 2.75) is 25.9 Å². The number of rotatable bonds is 7. The molecule has 0 saturated carbocycles. The van der Waals surface area contributed by atoms with Crippen LogP contribution in [0, 0.1) is 5.92 Å². The zero-order valence-electron chi connectivity index (χ0n) is 16.0. The Hall–Kier alpha value is -2.08. The Labute approximate surface area is 155 Å². The number of ether oxygens (including phenoxy) is 1. The van der Waals surface area contributed by atoms with Crippen LogP contribution >= 0.6 is 0 Å². The number of amides is 2. The number of aryl methyl sites for hydroxylation is 1. The lowest BCUT2D eigenvalue weighted by Gasteiger charge is -2.40. The summed E-state index contributed by atoms with van der Waals surface area (Å²) in [6, 6.07) is 8.11. The Kier molecular flexibility index (Phi) is 5.81. The van der Waals surface area contributed by atoms with Crippen LogP contribution in [0.5, 0.6) is 5.75 Å². The molecule has 2 aliphatic rings. The molecule has 2 amide bonds. The van der Waals surface area contributed by atoms with Crippen molar-refractivity contribution in [3.05, 3.63) is 29.8 Å². The van der Waals surface area contributed by atoms with E-state index in [4.69, 9.17) is 4.74 Å². The largest absolute Gasteiger partial charge is 0.487 e. The highest BCUT2D eigenvalue weighted by molar-refractivity contribution is 5.89. The molecule has 26 heavy (non-hydrogen) atoms. The fourth-order valence-corrected chi connectivity index (χ4v) is 3.46. The lowest BCUT2D eigenvalue weighted by atomic mass is 10.0. The number of hydrogen-bond donors (Lipinski definition) is 0. The number of carbonyl (C=O) groups is 2. The molecule has 1 atom stereocenters. The van der Waals surface area contributed by atoms with E-state index in [2.05, 4.69) is 19.1 Å². The number of likely N-dealkylation sites (N-methyl/N-ethyl adjacent to an activating group) is 1.